The van der Waals surface area contributed by atoms with E-state index < -0.39 is 5.78 Å². The molecule has 0 atom stereocenters. The Bertz CT molecular complexity index is 130. The molecule has 48 valence electrons. The molecule has 0 aromatic rings. The Hall–Kier alpha value is -0.107. The summed E-state index contributed by atoms with van der Waals surface area (Å²) in [6.45, 7) is 1.25. The third-order valence-electron chi connectivity index (χ3n) is 0.523. The van der Waals surface area contributed by atoms with Gasteiger partial charge in [0.1, 0.15) is 5.78 Å². The second-order valence-electron chi connectivity index (χ2n) is 1.40. The average Bonchev–Trinajstić information content (AvgIpc) is 1.65. The molecule has 0 rings (SSSR count). The van der Waals surface area contributed by atoms with Gasteiger partial charge in [0, 0.05) is 38.4 Å². The zero-order chi connectivity index (χ0) is 6.57. The van der Waals surface area contributed by atoms with Crippen LogP contribution in [0.4, 0.5) is 0 Å². The molecule has 0 aliphatic heterocycles. The average molecular weight is 204 g/mol. The third kappa shape index (κ3) is 7.89. The van der Waals surface area contributed by atoms with E-state index in [2.05, 4.69) is 0 Å². The molecule has 0 saturated heterocycles. The number of ketones is 2. The van der Waals surface area contributed by atoms with Gasteiger partial charge < -0.3 is 9.59 Å². The number of carbonyl (C=O) groups excluding carboxylic acids is 3. The van der Waals surface area contributed by atoms with Gasteiger partial charge in [0.25, 0.3) is 0 Å². The normalized spacial score (nSPS) is 7.22. The summed E-state index contributed by atoms with van der Waals surface area (Å²) in [5, 5.41) is 0. The van der Waals surface area contributed by atoms with Crippen LogP contribution in [-0.4, -0.2) is 17.9 Å². The SMILES string of the molecule is CC(=O)CC(=O)[C-]=O.[Zr]. The van der Waals surface area contributed by atoms with Crippen molar-refractivity contribution in [3.63, 3.8) is 0 Å². The minimum Gasteiger partial charge on any atom is -0.534 e. The summed E-state index contributed by atoms with van der Waals surface area (Å²) in [5.74, 6) is -1.09. The Labute approximate surface area is 71.9 Å². The summed E-state index contributed by atoms with van der Waals surface area (Å²) in [6, 6.07) is 0. The summed E-state index contributed by atoms with van der Waals surface area (Å²) in [5.41, 5.74) is 0. The maximum atomic E-state index is 10.0. The topological polar surface area (TPSA) is 51.2 Å². The molecule has 0 aromatic heterocycles. The second-order valence-corrected chi connectivity index (χ2v) is 1.40. The van der Waals surface area contributed by atoms with Gasteiger partial charge in [-0.1, -0.05) is 0 Å². The molecule has 0 aliphatic rings. The molecule has 0 fully saturated rings. The van der Waals surface area contributed by atoms with E-state index in [1.807, 2.05) is 0 Å². The van der Waals surface area contributed by atoms with E-state index >= 15 is 0 Å². The maximum absolute atomic E-state index is 10.0. The summed E-state index contributed by atoms with van der Waals surface area (Å²) in [6.07, 6.45) is 0.771. The Balaban J connectivity index is 0. The van der Waals surface area contributed by atoms with E-state index in [-0.39, 0.29) is 38.4 Å². The van der Waals surface area contributed by atoms with Crippen molar-refractivity contribution in [2.45, 2.75) is 13.3 Å². The van der Waals surface area contributed by atoms with Gasteiger partial charge in [-0.3, -0.25) is 4.79 Å². The van der Waals surface area contributed by atoms with Crippen LogP contribution in [0.3, 0.4) is 0 Å². The zero-order valence-electron chi connectivity index (χ0n) is 4.93. The molecule has 3 nitrogen and oxygen atoms in total. The van der Waals surface area contributed by atoms with Gasteiger partial charge >= 0.3 is 0 Å². The molecule has 0 radical (unpaired) electrons. The Kier molecular flexibility index (Phi) is 7.80. The predicted octanol–water partition coefficient (Wildman–Crippen LogP) is -0.358. The van der Waals surface area contributed by atoms with Crippen molar-refractivity contribution < 1.29 is 40.6 Å². The van der Waals surface area contributed by atoms with Crippen LogP contribution in [0.5, 0.6) is 0 Å². The van der Waals surface area contributed by atoms with E-state index in [9.17, 15) is 14.4 Å². The fourth-order valence-corrected chi connectivity index (χ4v) is 0.262. The van der Waals surface area contributed by atoms with Crippen molar-refractivity contribution in [2.75, 3.05) is 0 Å². The minimum absolute atomic E-state index is 0. The fourth-order valence-electron chi connectivity index (χ4n) is 0.262. The van der Waals surface area contributed by atoms with E-state index in [0.29, 0.717) is 0 Å². The first kappa shape index (κ1) is 11.7. The van der Waals surface area contributed by atoms with Crippen molar-refractivity contribution in [3.8, 4) is 0 Å². The number of carbonyl (C=O) groups is 2. The van der Waals surface area contributed by atoms with Crippen molar-refractivity contribution in [1.82, 2.24) is 0 Å². The fraction of sp³-hybridized carbons (Fsp3) is 0.400. The Morgan fingerprint density at radius 2 is 1.89 bits per heavy atom. The molecule has 0 saturated carbocycles. The quantitative estimate of drug-likeness (QED) is 0.358. The first-order valence-corrected chi connectivity index (χ1v) is 2.07. The van der Waals surface area contributed by atoms with E-state index in [1.54, 1.807) is 0 Å². The first-order chi connectivity index (χ1) is 3.66. The van der Waals surface area contributed by atoms with Crippen molar-refractivity contribution >= 4 is 17.9 Å². The number of rotatable bonds is 3. The standard InChI is InChI=1S/C5H5O3.Zr/c1-4(7)2-5(8)3-6;/h2H2,1H3;/q-1;. The molecule has 4 heteroatoms. The molecule has 0 spiro atoms. The number of hydrogen-bond donors (Lipinski definition) is 0. The largest absolute Gasteiger partial charge is 0.534 e. The van der Waals surface area contributed by atoms with Gasteiger partial charge in [-0.25, -0.2) is 0 Å². The summed E-state index contributed by atoms with van der Waals surface area (Å²) in [4.78, 5) is 29.4. The van der Waals surface area contributed by atoms with Crippen LogP contribution < -0.4 is 0 Å². The summed E-state index contributed by atoms with van der Waals surface area (Å²) < 4.78 is 0. The van der Waals surface area contributed by atoms with Crippen LogP contribution in [-0.2, 0) is 40.6 Å². The van der Waals surface area contributed by atoms with Crippen LogP contribution in [0, 0.1) is 0 Å². The number of hydrogen-bond acceptors (Lipinski definition) is 3. The Morgan fingerprint density at radius 1 is 1.44 bits per heavy atom. The molecule has 0 N–H and O–H groups in total. The molecule has 0 amide bonds. The minimum atomic E-state index is -0.780. The van der Waals surface area contributed by atoms with E-state index in [1.165, 1.54) is 6.92 Å². The van der Waals surface area contributed by atoms with Crippen LogP contribution >= 0.6 is 0 Å². The van der Waals surface area contributed by atoms with Crippen LogP contribution in [0.25, 0.3) is 0 Å². The second kappa shape index (κ2) is 6.02. The van der Waals surface area contributed by atoms with Crippen molar-refractivity contribution in [1.29, 1.82) is 0 Å². The summed E-state index contributed by atoms with van der Waals surface area (Å²) >= 11 is 0. The van der Waals surface area contributed by atoms with Gasteiger partial charge in [-0.15, -0.1) is 0 Å². The maximum Gasteiger partial charge on any atom is 0.134 e. The Morgan fingerprint density at radius 3 is 2.00 bits per heavy atom. The zero-order valence-corrected chi connectivity index (χ0v) is 7.39. The molecule has 0 unspecified atom stereocenters. The molecular formula is C5H5O3Zr-. The molecular weight excluding hydrogens is 199 g/mol. The first-order valence-electron chi connectivity index (χ1n) is 2.07. The predicted molar refractivity (Wildman–Crippen MR) is 26.0 cm³/mol. The third-order valence-corrected chi connectivity index (χ3v) is 0.523. The van der Waals surface area contributed by atoms with Crippen LogP contribution in [0.2, 0.25) is 0 Å². The van der Waals surface area contributed by atoms with Gasteiger partial charge in [0.2, 0.25) is 0 Å². The van der Waals surface area contributed by atoms with E-state index in [4.69, 9.17) is 0 Å². The van der Waals surface area contributed by atoms with Crippen molar-refractivity contribution in [2.24, 2.45) is 0 Å². The van der Waals surface area contributed by atoms with Gasteiger partial charge in [0.15, 0.2) is 0 Å². The van der Waals surface area contributed by atoms with Crippen LogP contribution in [0.1, 0.15) is 13.3 Å². The van der Waals surface area contributed by atoms with E-state index in [0.717, 1.165) is 6.29 Å². The number of Topliss-reactive ketones (excluding diaryl/α,β-unsaturated/α-hetero) is 2. The van der Waals surface area contributed by atoms with Crippen molar-refractivity contribution in [3.05, 3.63) is 0 Å². The van der Waals surface area contributed by atoms with Crippen LogP contribution in [0.15, 0.2) is 0 Å². The molecule has 9 heavy (non-hydrogen) atoms. The molecule has 0 heterocycles. The smallest absolute Gasteiger partial charge is 0.134 e. The van der Waals surface area contributed by atoms with Gasteiger partial charge in [0.05, 0.1) is 0 Å². The monoisotopic (exact) mass is 203 g/mol. The molecule has 0 aliphatic carbocycles. The summed E-state index contributed by atoms with van der Waals surface area (Å²) in [7, 11) is 0. The molecule has 0 aromatic carbocycles. The molecule has 0 bridgehead atoms. The van der Waals surface area contributed by atoms with Gasteiger partial charge in [-0.2, -0.15) is 6.29 Å². The van der Waals surface area contributed by atoms with Gasteiger partial charge in [-0.05, 0) is 6.92 Å².